The summed E-state index contributed by atoms with van der Waals surface area (Å²) in [4.78, 5) is 25.7. The predicted octanol–water partition coefficient (Wildman–Crippen LogP) is 4.24. The molecule has 0 unspecified atom stereocenters. The highest BCUT2D eigenvalue weighted by Gasteiger charge is 2.56. The first-order valence-electron chi connectivity index (χ1n) is 8.58. The number of carbonyl (C=O) groups excluding carboxylic acids is 2. The van der Waals surface area contributed by atoms with Gasteiger partial charge in [0.1, 0.15) is 4.32 Å². The van der Waals surface area contributed by atoms with Crippen molar-refractivity contribution in [2.24, 2.45) is 5.92 Å². The lowest BCUT2D eigenvalue weighted by Gasteiger charge is -2.45. The lowest BCUT2D eigenvalue weighted by Crippen LogP contribution is -2.53. The van der Waals surface area contributed by atoms with Gasteiger partial charge in [0.25, 0.3) is 0 Å². The molecule has 1 aromatic rings. The molecule has 2 aliphatic rings. The molecule has 1 N–H and O–H groups in total. The Kier molecular flexibility index (Phi) is 4.93. The van der Waals surface area contributed by atoms with E-state index in [1.807, 2.05) is 13.0 Å². The van der Waals surface area contributed by atoms with Crippen LogP contribution in [0.4, 0.5) is 0 Å². The molecule has 5 heteroatoms. The van der Waals surface area contributed by atoms with Crippen molar-refractivity contribution in [2.75, 3.05) is 6.61 Å². The van der Waals surface area contributed by atoms with Crippen LogP contribution in [0.5, 0.6) is 11.5 Å². The number of alkyl halides is 1. The average molecular weight is 417 g/mol. The summed E-state index contributed by atoms with van der Waals surface area (Å²) >= 11 is 3.68. The number of carbonyl (C=O) groups is 2. The number of benzene rings is 1. The molecule has 2 aliphatic carbocycles. The number of Topliss-reactive ketones (excluding diaryl/α,β-unsaturated/α-hetero) is 1. The van der Waals surface area contributed by atoms with Crippen LogP contribution < -0.4 is 4.74 Å². The van der Waals surface area contributed by atoms with Gasteiger partial charge < -0.3 is 9.84 Å². The number of phenolic OH excluding ortho intramolecular Hbond substituents is 1. The third kappa shape index (κ3) is 2.75. The third-order valence-corrected chi connectivity index (χ3v) is 6.48. The Hall–Kier alpha value is -2.14. The van der Waals surface area contributed by atoms with Crippen molar-refractivity contribution in [1.29, 1.82) is 0 Å². The maximum absolute atomic E-state index is 13.1. The molecule has 1 aromatic carbocycles. The Morgan fingerprint density at radius 1 is 1.42 bits per heavy atom. The van der Waals surface area contributed by atoms with E-state index in [-0.39, 0.29) is 17.3 Å². The quantitative estimate of drug-likeness (QED) is 0.745. The molecule has 0 bridgehead atoms. The van der Waals surface area contributed by atoms with Gasteiger partial charge in [-0.3, -0.25) is 9.59 Å². The number of allylic oxidation sites excluding steroid dienone is 5. The van der Waals surface area contributed by atoms with Crippen LogP contribution in [0.15, 0.2) is 54.2 Å². The lowest BCUT2D eigenvalue weighted by molar-refractivity contribution is -0.128. The fourth-order valence-corrected chi connectivity index (χ4v) is 5.15. The van der Waals surface area contributed by atoms with E-state index >= 15 is 0 Å². The Balaban J connectivity index is 2.21. The number of rotatable bonds is 4. The third-order valence-electron chi connectivity index (χ3n) is 5.11. The zero-order chi connectivity index (χ0) is 19.1. The second kappa shape index (κ2) is 6.88. The van der Waals surface area contributed by atoms with E-state index in [1.165, 1.54) is 6.08 Å². The van der Waals surface area contributed by atoms with Crippen molar-refractivity contribution in [3.63, 3.8) is 0 Å². The van der Waals surface area contributed by atoms with Crippen molar-refractivity contribution in [1.82, 2.24) is 0 Å². The van der Waals surface area contributed by atoms with Gasteiger partial charge in [-0.05, 0) is 55.2 Å². The van der Waals surface area contributed by atoms with Crippen molar-refractivity contribution in [3.8, 4) is 11.5 Å². The lowest BCUT2D eigenvalue weighted by atomic mass is 9.62. The van der Waals surface area contributed by atoms with Crippen molar-refractivity contribution >= 4 is 27.5 Å². The summed E-state index contributed by atoms with van der Waals surface area (Å²) in [5, 5.41) is 10.0. The Labute approximate surface area is 161 Å². The topological polar surface area (TPSA) is 63.6 Å². The predicted molar refractivity (Wildman–Crippen MR) is 104 cm³/mol. The summed E-state index contributed by atoms with van der Waals surface area (Å²) < 4.78 is 4.43. The second-order valence-corrected chi connectivity index (χ2v) is 7.93. The fourth-order valence-electron chi connectivity index (χ4n) is 3.90. The highest BCUT2D eigenvalue weighted by atomic mass is 79.9. The molecule has 3 atom stereocenters. The molecule has 0 heterocycles. The van der Waals surface area contributed by atoms with Crippen molar-refractivity contribution in [3.05, 3.63) is 59.7 Å². The zero-order valence-electron chi connectivity index (χ0n) is 14.8. The van der Waals surface area contributed by atoms with E-state index in [0.717, 1.165) is 11.1 Å². The summed E-state index contributed by atoms with van der Waals surface area (Å²) in [5.74, 6) is -0.626. The molecule has 0 spiro atoms. The number of phenols is 1. The van der Waals surface area contributed by atoms with Crippen LogP contribution in [0.3, 0.4) is 0 Å². The molecule has 0 amide bonds. The van der Waals surface area contributed by atoms with Gasteiger partial charge in [0.2, 0.25) is 0 Å². The molecule has 26 heavy (non-hydrogen) atoms. The standard InChI is InChI=1S/C21H21BrO4/c1-4-13-6-8-15-17(24)10-12(3)20(25)21(15,22)19(13)14-7-9-16(23)18(11-14)26-5-2/h4,6-7,9-11,15,19,23H,1,5,8H2,2-3H3/t15-,19+,21-/m0/s1. The first kappa shape index (κ1) is 18.6. The Morgan fingerprint density at radius 2 is 2.15 bits per heavy atom. The van der Waals surface area contributed by atoms with Crippen LogP contribution in [0, 0.1) is 5.92 Å². The van der Waals surface area contributed by atoms with E-state index in [4.69, 9.17) is 4.74 Å². The van der Waals surface area contributed by atoms with Crippen LogP contribution >= 0.6 is 15.9 Å². The van der Waals surface area contributed by atoms with E-state index in [2.05, 4.69) is 22.5 Å². The van der Waals surface area contributed by atoms with Crippen LogP contribution in [0.25, 0.3) is 0 Å². The van der Waals surface area contributed by atoms with Gasteiger partial charge in [-0.1, -0.05) is 40.7 Å². The van der Waals surface area contributed by atoms with Crippen LogP contribution in [-0.2, 0) is 9.59 Å². The van der Waals surface area contributed by atoms with Crippen LogP contribution in [0.1, 0.15) is 31.7 Å². The van der Waals surface area contributed by atoms with Gasteiger partial charge in [-0.25, -0.2) is 0 Å². The number of aromatic hydroxyl groups is 1. The van der Waals surface area contributed by atoms with Gasteiger partial charge >= 0.3 is 0 Å². The zero-order valence-corrected chi connectivity index (χ0v) is 16.4. The van der Waals surface area contributed by atoms with Crippen LogP contribution in [0.2, 0.25) is 0 Å². The second-order valence-electron chi connectivity index (χ2n) is 6.62. The number of hydrogen-bond donors (Lipinski definition) is 1. The molecule has 0 aliphatic heterocycles. The minimum Gasteiger partial charge on any atom is -0.504 e. The first-order valence-corrected chi connectivity index (χ1v) is 9.37. The molecular weight excluding hydrogens is 396 g/mol. The molecule has 3 rings (SSSR count). The molecule has 0 saturated heterocycles. The molecular formula is C21H21BrO4. The maximum atomic E-state index is 13.1. The molecule has 4 nitrogen and oxygen atoms in total. The molecule has 0 fully saturated rings. The van der Waals surface area contributed by atoms with Gasteiger partial charge in [0.15, 0.2) is 23.1 Å². The van der Waals surface area contributed by atoms with Gasteiger partial charge in [-0.15, -0.1) is 0 Å². The SMILES string of the molecule is C=CC1=CC[C@H]2C(=O)C=C(C)C(=O)[C@@]2(Br)[C@H]1c1ccc(O)c(OCC)c1. The van der Waals surface area contributed by atoms with Gasteiger partial charge in [0, 0.05) is 11.8 Å². The van der Waals surface area contributed by atoms with Gasteiger partial charge in [0.05, 0.1) is 6.61 Å². The number of ketones is 2. The van der Waals surface area contributed by atoms with E-state index in [9.17, 15) is 14.7 Å². The molecule has 0 saturated carbocycles. The summed E-state index contributed by atoms with van der Waals surface area (Å²) in [6.45, 7) is 7.80. The maximum Gasteiger partial charge on any atom is 0.177 e. The smallest absolute Gasteiger partial charge is 0.177 e. The summed E-state index contributed by atoms with van der Waals surface area (Å²) in [6, 6.07) is 5.05. The number of ether oxygens (including phenoxy) is 1. The summed E-state index contributed by atoms with van der Waals surface area (Å²) in [6.07, 6.45) is 5.61. The highest BCUT2D eigenvalue weighted by Crippen LogP contribution is 2.54. The fraction of sp³-hybridized carbons (Fsp3) is 0.333. The number of hydrogen-bond acceptors (Lipinski definition) is 4. The minimum atomic E-state index is -1.07. The monoisotopic (exact) mass is 416 g/mol. The van der Waals surface area contributed by atoms with Gasteiger partial charge in [-0.2, -0.15) is 0 Å². The molecule has 0 radical (unpaired) electrons. The highest BCUT2D eigenvalue weighted by molar-refractivity contribution is 9.10. The largest absolute Gasteiger partial charge is 0.504 e. The Bertz CT molecular complexity index is 852. The molecule has 136 valence electrons. The number of fused-ring (bicyclic) bond motifs is 1. The van der Waals surface area contributed by atoms with E-state index < -0.39 is 16.2 Å². The van der Waals surface area contributed by atoms with Crippen molar-refractivity contribution < 1.29 is 19.4 Å². The minimum absolute atomic E-state index is 0.0397. The normalized spacial score (nSPS) is 28.1. The average Bonchev–Trinajstić information content (AvgIpc) is 2.61. The molecule has 0 aromatic heterocycles. The summed E-state index contributed by atoms with van der Waals surface area (Å²) in [5.41, 5.74) is 2.11. The van der Waals surface area contributed by atoms with E-state index in [0.29, 0.717) is 24.4 Å². The van der Waals surface area contributed by atoms with Crippen LogP contribution in [-0.4, -0.2) is 27.6 Å². The Morgan fingerprint density at radius 3 is 2.81 bits per heavy atom. The first-order chi connectivity index (χ1) is 12.3. The number of halogens is 1. The van der Waals surface area contributed by atoms with Crippen molar-refractivity contribution in [2.45, 2.75) is 30.5 Å². The summed E-state index contributed by atoms with van der Waals surface area (Å²) in [7, 11) is 0. The van der Waals surface area contributed by atoms with E-state index in [1.54, 1.807) is 31.2 Å².